The molecule has 1 N–H and O–H groups in total. The van der Waals surface area contributed by atoms with E-state index in [4.69, 9.17) is 9.47 Å². The van der Waals surface area contributed by atoms with E-state index >= 15 is 0 Å². The van der Waals surface area contributed by atoms with E-state index in [1.54, 1.807) is 6.07 Å². The molecular formula is C18H24N4O4S. The molecule has 1 aromatic heterocycles. The van der Waals surface area contributed by atoms with E-state index in [9.17, 15) is 8.42 Å². The van der Waals surface area contributed by atoms with Crippen molar-refractivity contribution in [1.82, 2.24) is 14.7 Å². The third-order valence-corrected chi connectivity index (χ3v) is 5.80. The third-order valence-electron chi connectivity index (χ3n) is 4.40. The molecule has 1 aliphatic heterocycles. The molecule has 0 bridgehead atoms. The van der Waals surface area contributed by atoms with Gasteiger partial charge in [-0.25, -0.2) is 23.1 Å². The fraction of sp³-hybridized carbons (Fsp3) is 0.444. The van der Waals surface area contributed by atoms with Gasteiger partial charge in [0.25, 0.3) is 0 Å². The minimum absolute atomic E-state index is 0.0131. The van der Waals surface area contributed by atoms with Crippen LogP contribution in [0.4, 0.5) is 5.82 Å². The summed E-state index contributed by atoms with van der Waals surface area (Å²) in [5.41, 5.74) is 0.812. The van der Waals surface area contributed by atoms with Crippen LogP contribution >= 0.6 is 0 Å². The number of anilines is 1. The average molecular weight is 392 g/mol. The summed E-state index contributed by atoms with van der Waals surface area (Å²) < 4.78 is 38.1. The maximum Gasteiger partial charge on any atom is 0.241 e. The van der Waals surface area contributed by atoms with E-state index in [0.717, 1.165) is 37.4 Å². The molecule has 2 heterocycles. The highest BCUT2D eigenvalue weighted by Gasteiger charge is 2.19. The number of aryl methyl sites for hydroxylation is 1. The van der Waals surface area contributed by atoms with Gasteiger partial charge >= 0.3 is 0 Å². The highest BCUT2D eigenvalue weighted by atomic mass is 32.2. The normalized spacial score (nSPS) is 14.4. The van der Waals surface area contributed by atoms with Crippen molar-refractivity contribution in [3.05, 3.63) is 35.8 Å². The molecule has 0 amide bonds. The van der Waals surface area contributed by atoms with E-state index in [0.29, 0.717) is 17.3 Å². The Hall–Kier alpha value is -2.39. The molecule has 146 valence electrons. The number of nitrogens with zero attached hydrogens (tertiary/aromatic N) is 3. The van der Waals surface area contributed by atoms with Crippen molar-refractivity contribution >= 4 is 15.8 Å². The summed E-state index contributed by atoms with van der Waals surface area (Å²) in [6.07, 6.45) is 2.29. The Morgan fingerprint density at radius 2 is 1.78 bits per heavy atom. The first-order chi connectivity index (χ1) is 12.9. The molecule has 0 saturated carbocycles. The van der Waals surface area contributed by atoms with Gasteiger partial charge in [-0.1, -0.05) is 0 Å². The Labute approximate surface area is 159 Å². The first kappa shape index (κ1) is 19.4. The van der Waals surface area contributed by atoms with Crippen LogP contribution in [0.3, 0.4) is 0 Å². The molecule has 0 radical (unpaired) electrons. The van der Waals surface area contributed by atoms with Crippen molar-refractivity contribution in [3.8, 4) is 11.5 Å². The summed E-state index contributed by atoms with van der Waals surface area (Å²) in [5, 5.41) is 0. The SMILES string of the molecule is COc1ccc(S(=O)(=O)NCc2nc(C)cc(N3CCCC3)n2)cc1OC. The van der Waals surface area contributed by atoms with Gasteiger partial charge < -0.3 is 14.4 Å². The van der Waals surface area contributed by atoms with Crippen molar-refractivity contribution in [2.45, 2.75) is 31.2 Å². The molecule has 3 rings (SSSR count). The number of benzene rings is 1. The second kappa shape index (κ2) is 8.10. The van der Waals surface area contributed by atoms with E-state index in [1.165, 1.54) is 26.4 Å². The third kappa shape index (κ3) is 4.48. The van der Waals surface area contributed by atoms with Gasteiger partial charge in [-0.05, 0) is 31.9 Å². The number of nitrogens with one attached hydrogen (secondary N) is 1. The summed E-state index contributed by atoms with van der Waals surface area (Å²) in [6.45, 7) is 3.83. The number of sulfonamides is 1. The highest BCUT2D eigenvalue weighted by Crippen LogP contribution is 2.29. The van der Waals surface area contributed by atoms with Gasteiger partial charge in [0.1, 0.15) is 11.6 Å². The second-order valence-corrected chi connectivity index (χ2v) is 8.09. The number of rotatable bonds is 7. The molecule has 0 unspecified atom stereocenters. The van der Waals surface area contributed by atoms with Gasteiger partial charge in [-0.3, -0.25) is 0 Å². The number of hydrogen-bond acceptors (Lipinski definition) is 7. The predicted octanol–water partition coefficient (Wildman–Crippen LogP) is 1.88. The Morgan fingerprint density at radius 1 is 1.07 bits per heavy atom. The van der Waals surface area contributed by atoms with Gasteiger partial charge in [0.05, 0.1) is 25.7 Å². The summed E-state index contributed by atoms with van der Waals surface area (Å²) >= 11 is 0. The van der Waals surface area contributed by atoms with Crippen molar-refractivity contribution in [2.24, 2.45) is 0 Å². The van der Waals surface area contributed by atoms with Crippen LogP contribution in [-0.2, 0) is 16.6 Å². The zero-order chi connectivity index (χ0) is 19.4. The van der Waals surface area contributed by atoms with Crippen molar-refractivity contribution in [1.29, 1.82) is 0 Å². The summed E-state index contributed by atoms with van der Waals surface area (Å²) in [6, 6.07) is 6.38. The van der Waals surface area contributed by atoms with E-state index < -0.39 is 10.0 Å². The smallest absolute Gasteiger partial charge is 0.241 e. The van der Waals surface area contributed by atoms with E-state index in [-0.39, 0.29) is 11.4 Å². The standard InChI is InChI=1S/C18H24N4O4S/c1-13-10-18(22-8-4-5-9-22)21-17(20-13)12-19-27(23,24)14-6-7-15(25-2)16(11-14)26-3/h6-7,10-11,19H,4-5,8-9,12H2,1-3H3. The van der Waals surface area contributed by atoms with Gasteiger partial charge in [-0.2, -0.15) is 0 Å². The lowest BCUT2D eigenvalue weighted by Crippen LogP contribution is -2.26. The van der Waals surface area contributed by atoms with Crippen LogP contribution in [-0.4, -0.2) is 45.7 Å². The molecule has 0 atom stereocenters. The van der Waals surface area contributed by atoms with Crippen LogP contribution in [0.1, 0.15) is 24.4 Å². The number of hydrogen-bond donors (Lipinski definition) is 1. The lowest BCUT2D eigenvalue weighted by molar-refractivity contribution is 0.354. The lowest BCUT2D eigenvalue weighted by Gasteiger charge is -2.17. The zero-order valence-electron chi connectivity index (χ0n) is 15.7. The maximum absolute atomic E-state index is 12.6. The first-order valence-corrected chi connectivity index (χ1v) is 10.2. The molecule has 0 aliphatic carbocycles. The van der Waals surface area contributed by atoms with Crippen LogP contribution in [0, 0.1) is 6.92 Å². The van der Waals surface area contributed by atoms with Gasteiger partial charge in [-0.15, -0.1) is 0 Å². The largest absolute Gasteiger partial charge is 0.493 e. The number of methoxy groups -OCH3 is 2. The maximum atomic E-state index is 12.6. The topological polar surface area (TPSA) is 93.7 Å². The van der Waals surface area contributed by atoms with Crippen LogP contribution in [0.2, 0.25) is 0 Å². The highest BCUT2D eigenvalue weighted by molar-refractivity contribution is 7.89. The molecule has 27 heavy (non-hydrogen) atoms. The van der Waals surface area contributed by atoms with Crippen molar-refractivity contribution in [2.75, 3.05) is 32.2 Å². The minimum atomic E-state index is -3.74. The Balaban J connectivity index is 1.77. The van der Waals surface area contributed by atoms with Gasteiger partial charge in [0.15, 0.2) is 11.5 Å². The van der Waals surface area contributed by atoms with Crippen LogP contribution in [0.25, 0.3) is 0 Å². The molecule has 1 fully saturated rings. The molecule has 1 aromatic carbocycles. The molecule has 9 heteroatoms. The van der Waals surface area contributed by atoms with Gasteiger partial charge in [0.2, 0.25) is 10.0 Å². The Bertz CT molecular complexity index is 912. The average Bonchev–Trinajstić information content (AvgIpc) is 3.20. The first-order valence-electron chi connectivity index (χ1n) is 8.74. The molecular weight excluding hydrogens is 368 g/mol. The zero-order valence-corrected chi connectivity index (χ0v) is 16.5. The number of aromatic nitrogens is 2. The van der Waals surface area contributed by atoms with Crippen molar-refractivity contribution in [3.63, 3.8) is 0 Å². The molecule has 8 nitrogen and oxygen atoms in total. The van der Waals surface area contributed by atoms with Crippen LogP contribution in [0.15, 0.2) is 29.2 Å². The molecule has 2 aromatic rings. The minimum Gasteiger partial charge on any atom is -0.493 e. The fourth-order valence-electron chi connectivity index (χ4n) is 3.03. The van der Waals surface area contributed by atoms with E-state index in [2.05, 4.69) is 19.6 Å². The summed E-state index contributed by atoms with van der Waals surface area (Å²) in [5.74, 6) is 2.11. The predicted molar refractivity (Wildman–Crippen MR) is 102 cm³/mol. The van der Waals surface area contributed by atoms with Gasteiger partial charge in [0, 0.05) is 30.9 Å². The quantitative estimate of drug-likeness (QED) is 0.769. The fourth-order valence-corrected chi connectivity index (χ4v) is 4.02. The summed E-state index contributed by atoms with van der Waals surface area (Å²) in [4.78, 5) is 11.2. The number of ether oxygens (including phenoxy) is 2. The lowest BCUT2D eigenvalue weighted by atomic mass is 10.3. The molecule has 1 saturated heterocycles. The van der Waals surface area contributed by atoms with Crippen molar-refractivity contribution < 1.29 is 17.9 Å². The van der Waals surface area contributed by atoms with Crippen LogP contribution < -0.4 is 19.1 Å². The second-order valence-electron chi connectivity index (χ2n) is 6.32. The Kier molecular flexibility index (Phi) is 5.81. The van der Waals surface area contributed by atoms with Crippen LogP contribution in [0.5, 0.6) is 11.5 Å². The summed E-state index contributed by atoms with van der Waals surface area (Å²) in [7, 11) is -0.782. The Morgan fingerprint density at radius 3 is 2.44 bits per heavy atom. The molecule has 1 aliphatic rings. The van der Waals surface area contributed by atoms with E-state index in [1.807, 2.05) is 13.0 Å². The molecule has 0 spiro atoms. The monoisotopic (exact) mass is 392 g/mol.